The minimum absolute atomic E-state index is 0.120. The zero-order valence-corrected chi connectivity index (χ0v) is 22.1. The predicted octanol–water partition coefficient (Wildman–Crippen LogP) is 3.54. The van der Waals surface area contributed by atoms with Gasteiger partial charge in [0, 0.05) is 55.4 Å². The molecule has 40 heavy (non-hydrogen) atoms. The molecule has 1 atom stereocenters. The first-order chi connectivity index (χ1) is 19.5. The second kappa shape index (κ2) is 9.98. The molecule has 7 rings (SSSR count). The van der Waals surface area contributed by atoms with Crippen molar-refractivity contribution in [3.63, 3.8) is 0 Å². The Hall–Kier alpha value is -4.37. The van der Waals surface area contributed by atoms with Crippen molar-refractivity contribution < 1.29 is 14.4 Å². The number of amides is 3. The number of likely N-dealkylation sites (tertiary alicyclic amines) is 1. The van der Waals surface area contributed by atoms with Gasteiger partial charge in [-0.1, -0.05) is 18.2 Å². The highest BCUT2D eigenvalue weighted by Crippen LogP contribution is 2.34. The third kappa shape index (κ3) is 4.56. The summed E-state index contributed by atoms with van der Waals surface area (Å²) in [4.78, 5) is 50.1. The molecule has 0 spiro atoms. The van der Waals surface area contributed by atoms with Gasteiger partial charge < -0.3 is 9.30 Å². The molecule has 1 unspecified atom stereocenters. The maximum Gasteiger partial charge on any atom is 0.255 e. The lowest BCUT2D eigenvalue weighted by Gasteiger charge is -2.31. The molecule has 6 heterocycles. The first kappa shape index (κ1) is 24.7. The quantitative estimate of drug-likeness (QED) is 0.393. The van der Waals surface area contributed by atoms with E-state index >= 15 is 0 Å². The van der Waals surface area contributed by atoms with Crippen LogP contribution in [0.1, 0.15) is 58.8 Å². The number of fused-ring (bicyclic) bond motifs is 2. The van der Waals surface area contributed by atoms with Crippen LogP contribution in [0.3, 0.4) is 0 Å². The van der Waals surface area contributed by atoms with E-state index in [2.05, 4.69) is 62.3 Å². The van der Waals surface area contributed by atoms with Gasteiger partial charge in [-0.15, -0.1) is 0 Å². The van der Waals surface area contributed by atoms with Crippen molar-refractivity contribution in [2.24, 2.45) is 0 Å². The topological polar surface area (TPSA) is 99.9 Å². The smallest absolute Gasteiger partial charge is 0.255 e. The Bertz CT molecular complexity index is 1620. The molecule has 3 aliphatic rings. The van der Waals surface area contributed by atoms with Crippen LogP contribution >= 0.6 is 0 Å². The summed E-state index contributed by atoms with van der Waals surface area (Å²) in [5.74, 6) is -0.324. The van der Waals surface area contributed by atoms with Crippen molar-refractivity contribution in [1.29, 1.82) is 0 Å². The largest absolute Gasteiger partial charge is 0.322 e. The molecule has 3 amide bonds. The van der Waals surface area contributed by atoms with E-state index in [9.17, 15) is 14.4 Å². The number of carbonyl (C=O) groups is 3. The Kier molecular flexibility index (Phi) is 6.15. The van der Waals surface area contributed by atoms with Gasteiger partial charge in [-0.2, -0.15) is 0 Å². The summed E-state index contributed by atoms with van der Waals surface area (Å²) in [6.07, 6.45) is 10.6. The molecule has 1 N–H and O–H groups in total. The van der Waals surface area contributed by atoms with Crippen molar-refractivity contribution in [3.05, 3.63) is 89.6 Å². The van der Waals surface area contributed by atoms with Crippen molar-refractivity contribution in [2.45, 2.75) is 50.7 Å². The normalized spacial score (nSPS) is 20.2. The molecule has 202 valence electrons. The van der Waals surface area contributed by atoms with Crippen molar-refractivity contribution >= 4 is 23.4 Å². The highest BCUT2D eigenvalue weighted by molar-refractivity contribution is 6.05. The molecule has 0 saturated carbocycles. The maximum atomic E-state index is 13.0. The molecule has 0 bridgehead atoms. The monoisotopic (exact) mass is 534 g/mol. The van der Waals surface area contributed by atoms with Crippen LogP contribution < -0.4 is 5.32 Å². The van der Waals surface area contributed by atoms with Crippen LogP contribution in [-0.4, -0.2) is 61.0 Å². The Balaban J connectivity index is 0.987. The van der Waals surface area contributed by atoms with Crippen LogP contribution in [0.2, 0.25) is 0 Å². The van der Waals surface area contributed by atoms with Gasteiger partial charge in [-0.05, 0) is 79.2 Å². The number of imidazole rings is 1. The Morgan fingerprint density at radius 1 is 0.975 bits per heavy atom. The summed E-state index contributed by atoms with van der Waals surface area (Å²) in [6.45, 7) is 3.20. The fraction of sp³-hybridized carbons (Fsp3) is 0.323. The number of nitrogens with zero attached hydrogens (tertiary/aromatic N) is 5. The van der Waals surface area contributed by atoms with Crippen LogP contribution in [0.5, 0.6) is 0 Å². The van der Waals surface area contributed by atoms with Gasteiger partial charge in [0.15, 0.2) is 0 Å². The van der Waals surface area contributed by atoms with E-state index in [0.717, 1.165) is 60.5 Å². The first-order valence-corrected chi connectivity index (χ1v) is 13.9. The molecule has 2 fully saturated rings. The zero-order valence-electron chi connectivity index (χ0n) is 22.1. The molecule has 0 radical (unpaired) electrons. The molecule has 4 aromatic rings. The fourth-order valence-corrected chi connectivity index (χ4v) is 6.33. The zero-order chi connectivity index (χ0) is 27.2. The second-order valence-corrected chi connectivity index (χ2v) is 11.0. The van der Waals surface area contributed by atoms with Crippen LogP contribution in [0, 0.1) is 0 Å². The number of rotatable bonds is 5. The Labute approximate surface area is 231 Å². The van der Waals surface area contributed by atoms with Crippen molar-refractivity contribution in [3.8, 4) is 11.1 Å². The molecule has 9 heteroatoms. The maximum absolute atomic E-state index is 13.0. The van der Waals surface area contributed by atoms with Gasteiger partial charge in [-0.3, -0.25) is 29.6 Å². The van der Waals surface area contributed by atoms with Gasteiger partial charge >= 0.3 is 0 Å². The fourth-order valence-electron chi connectivity index (χ4n) is 6.33. The van der Waals surface area contributed by atoms with Gasteiger partial charge in [-0.25, -0.2) is 4.98 Å². The molecule has 3 aliphatic heterocycles. The predicted molar refractivity (Wildman–Crippen MR) is 148 cm³/mol. The van der Waals surface area contributed by atoms with E-state index in [-0.39, 0.29) is 24.1 Å². The van der Waals surface area contributed by atoms with Crippen molar-refractivity contribution in [1.82, 2.24) is 29.5 Å². The first-order valence-electron chi connectivity index (χ1n) is 13.9. The number of hydrogen-bond acceptors (Lipinski definition) is 6. The minimum Gasteiger partial charge on any atom is -0.322 e. The van der Waals surface area contributed by atoms with Crippen LogP contribution in [0.25, 0.3) is 16.8 Å². The lowest BCUT2D eigenvalue weighted by atomic mass is 9.88. The Morgan fingerprint density at radius 2 is 1.85 bits per heavy atom. The summed E-state index contributed by atoms with van der Waals surface area (Å²) < 4.78 is 2.08. The van der Waals surface area contributed by atoms with Gasteiger partial charge in [0.2, 0.25) is 11.8 Å². The highest BCUT2D eigenvalue weighted by atomic mass is 16.2. The Morgan fingerprint density at radius 3 is 2.65 bits per heavy atom. The molecule has 2 saturated heterocycles. The SMILES string of the molecule is O=C1CCC(N2Cc3cc(C4CCN(Cc5cn6ccc(-c7cccnc7)cc6n5)CC4)ccc3C2=O)C(=O)N1. The number of hydrogen-bond donors (Lipinski definition) is 1. The molecular weight excluding hydrogens is 504 g/mol. The molecule has 0 aliphatic carbocycles. The number of benzene rings is 1. The standard InChI is InChI=1S/C31H30N6O3/c38-29-6-5-27(30(39)34-29)37-17-24-14-21(3-4-26(24)31(37)40)20-7-11-35(12-8-20)18-25-19-36-13-9-22(15-28(36)33-25)23-2-1-10-32-16-23/h1-4,9-10,13-16,19-20,27H,5-8,11-12,17-18H2,(H,34,38,39). The van der Waals surface area contributed by atoms with Crippen LogP contribution in [0.4, 0.5) is 0 Å². The summed E-state index contributed by atoms with van der Waals surface area (Å²) >= 11 is 0. The number of pyridine rings is 2. The summed E-state index contributed by atoms with van der Waals surface area (Å²) in [5.41, 5.74) is 7.09. The lowest BCUT2D eigenvalue weighted by molar-refractivity contribution is -0.136. The number of aromatic nitrogens is 3. The third-order valence-electron chi connectivity index (χ3n) is 8.50. The van der Waals surface area contributed by atoms with E-state index in [1.54, 1.807) is 11.1 Å². The number of imide groups is 1. The average molecular weight is 535 g/mol. The number of carbonyl (C=O) groups excluding carboxylic acids is 3. The summed E-state index contributed by atoms with van der Waals surface area (Å²) in [7, 11) is 0. The highest BCUT2D eigenvalue weighted by Gasteiger charge is 2.39. The van der Waals surface area contributed by atoms with Gasteiger partial charge in [0.25, 0.3) is 5.91 Å². The van der Waals surface area contributed by atoms with Crippen LogP contribution in [-0.2, 0) is 22.7 Å². The van der Waals surface area contributed by atoms with E-state index < -0.39 is 6.04 Å². The summed E-state index contributed by atoms with van der Waals surface area (Å²) in [5, 5.41) is 2.37. The third-order valence-corrected chi connectivity index (χ3v) is 8.50. The molecule has 1 aromatic carbocycles. The average Bonchev–Trinajstić information content (AvgIpc) is 3.53. The molecule has 3 aromatic heterocycles. The van der Waals surface area contributed by atoms with Gasteiger partial charge in [0.1, 0.15) is 11.7 Å². The van der Waals surface area contributed by atoms with E-state index in [4.69, 9.17) is 4.98 Å². The molecule has 9 nitrogen and oxygen atoms in total. The van der Waals surface area contributed by atoms with Crippen LogP contribution in [0.15, 0.2) is 67.3 Å². The van der Waals surface area contributed by atoms with E-state index in [1.807, 2.05) is 18.3 Å². The lowest BCUT2D eigenvalue weighted by Crippen LogP contribution is -2.52. The van der Waals surface area contributed by atoms with E-state index in [0.29, 0.717) is 24.4 Å². The number of piperidine rings is 2. The van der Waals surface area contributed by atoms with E-state index in [1.165, 1.54) is 5.56 Å². The number of nitrogens with one attached hydrogen (secondary N) is 1. The second-order valence-electron chi connectivity index (χ2n) is 11.0. The van der Waals surface area contributed by atoms with Gasteiger partial charge in [0.05, 0.1) is 5.69 Å². The minimum atomic E-state index is -0.578. The molecular formula is C31H30N6O3. The van der Waals surface area contributed by atoms with Crippen molar-refractivity contribution in [2.75, 3.05) is 13.1 Å². The summed E-state index contributed by atoms with van der Waals surface area (Å²) in [6, 6.07) is 13.8.